The van der Waals surface area contributed by atoms with E-state index in [9.17, 15) is 34.1 Å². The van der Waals surface area contributed by atoms with Crippen molar-refractivity contribution in [1.29, 1.82) is 0 Å². The van der Waals surface area contributed by atoms with Crippen LogP contribution in [0, 0.1) is 11.8 Å². The molecule has 13 heteroatoms. The molecule has 1 fully saturated rings. The van der Waals surface area contributed by atoms with E-state index in [4.69, 9.17) is 18.5 Å². The van der Waals surface area contributed by atoms with E-state index in [1.54, 1.807) is 12.2 Å². The number of allylic oxidation sites excluding steroid dienone is 3. The van der Waals surface area contributed by atoms with Gasteiger partial charge in [-0.15, -0.1) is 0 Å². The highest BCUT2D eigenvalue weighted by Gasteiger charge is 2.39. The average molecular weight is 943 g/mol. The summed E-state index contributed by atoms with van der Waals surface area (Å²) in [7, 11) is 1.34. The number of unbranched alkanes of at least 4 members (excludes halogenated alkanes) is 22. The van der Waals surface area contributed by atoms with Crippen LogP contribution < -0.4 is 0 Å². The highest BCUT2D eigenvalue weighted by atomic mass is 31.2. The maximum atomic E-state index is 12.9. The molecule has 0 aromatic heterocycles. The number of quaternary nitrogens is 1. The molecule has 0 aromatic rings. The van der Waals surface area contributed by atoms with E-state index in [1.165, 1.54) is 96.3 Å². The number of carbonyl (C=O) groups excluding carboxylic acids is 3. The van der Waals surface area contributed by atoms with Gasteiger partial charge in [0, 0.05) is 25.2 Å². The first-order valence-corrected chi connectivity index (χ1v) is 27.7. The number of carbonyl (C=O) groups is 3. The van der Waals surface area contributed by atoms with Crippen molar-refractivity contribution in [2.75, 3.05) is 47.5 Å². The fraction of sp³-hybridized carbons (Fsp3) is 0.865. The second-order valence-electron chi connectivity index (χ2n) is 19.7. The topological polar surface area (TPSA) is 166 Å². The minimum atomic E-state index is -4.45. The Morgan fingerprint density at radius 1 is 0.708 bits per heavy atom. The summed E-state index contributed by atoms with van der Waals surface area (Å²) in [6, 6.07) is 0. The molecule has 380 valence electrons. The number of hydrogen-bond acceptors (Lipinski definition) is 10. The highest BCUT2D eigenvalue weighted by molar-refractivity contribution is 7.47. The van der Waals surface area contributed by atoms with E-state index < -0.39 is 50.6 Å². The number of nitrogens with zero attached hydrogens (tertiary/aromatic N) is 1. The van der Waals surface area contributed by atoms with Crippen LogP contribution in [0.2, 0.25) is 0 Å². The summed E-state index contributed by atoms with van der Waals surface area (Å²) in [5.41, 5.74) is 0. The number of phosphoric ester groups is 1. The van der Waals surface area contributed by atoms with E-state index in [1.807, 2.05) is 21.1 Å². The third-order valence-electron chi connectivity index (χ3n) is 12.4. The molecule has 0 radical (unpaired) electrons. The van der Waals surface area contributed by atoms with Gasteiger partial charge >= 0.3 is 19.8 Å². The van der Waals surface area contributed by atoms with Crippen molar-refractivity contribution in [2.24, 2.45) is 11.8 Å². The van der Waals surface area contributed by atoms with Gasteiger partial charge in [0.25, 0.3) is 0 Å². The Labute approximate surface area is 396 Å². The summed E-state index contributed by atoms with van der Waals surface area (Å²) < 4.78 is 34.4. The first-order chi connectivity index (χ1) is 31.2. The summed E-state index contributed by atoms with van der Waals surface area (Å²) in [5.74, 6) is -1.53. The Kier molecular flexibility index (Phi) is 36.6. The van der Waals surface area contributed by atoms with Gasteiger partial charge in [-0.3, -0.25) is 23.4 Å². The molecular weight excluding hydrogens is 846 g/mol. The molecule has 3 N–H and O–H groups in total. The lowest BCUT2D eigenvalue weighted by Gasteiger charge is -2.24. The molecule has 1 unspecified atom stereocenters. The molecule has 12 nitrogen and oxygen atoms in total. The minimum Gasteiger partial charge on any atom is -0.462 e. The van der Waals surface area contributed by atoms with E-state index in [2.05, 4.69) is 26.0 Å². The lowest BCUT2D eigenvalue weighted by atomic mass is 9.88. The zero-order chi connectivity index (χ0) is 48.0. The van der Waals surface area contributed by atoms with Crippen molar-refractivity contribution in [1.82, 2.24) is 0 Å². The second-order valence-corrected chi connectivity index (χ2v) is 21.1. The summed E-state index contributed by atoms with van der Waals surface area (Å²) in [5, 5.41) is 20.9. The van der Waals surface area contributed by atoms with Gasteiger partial charge in [0.2, 0.25) is 0 Å². The lowest BCUT2D eigenvalue weighted by Crippen LogP contribution is -2.37. The molecule has 65 heavy (non-hydrogen) atoms. The third kappa shape index (κ3) is 35.8. The van der Waals surface area contributed by atoms with Crippen LogP contribution >= 0.6 is 7.82 Å². The predicted octanol–water partition coefficient (Wildman–Crippen LogP) is 12.1. The van der Waals surface area contributed by atoms with Crippen LogP contribution in [0.5, 0.6) is 0 Å². The van der Waals surface area contributed by atoms with Crippen LogP contribution in [0.3, 0.4) is 0 Å². The van der Waals surface area contributed by atoms with Crippen LogP contribution in [0.15, 0.2) is 24.3 Å². The number of aliphatic hydroxyl groups excluding tert-OH is 2. The average Bonchev–Trinajstić information content (AvgIpc) is 3.52. The largest absolute Gasteiger partial charge is 0.472 e. The number of aliphatic hydroxyl groups is 2. The van der Waals surface area contributed by atoms with Crippen LogP contribution in [0.25, 0.3) is 0 Å². The number of likely N-dealkylation sites (N-methyl/N-ethyl adjacent to an activating group) is 1. The number of esters is 2. The molecule has 6 atom stereocenters. The molecule has 1 saturated carbocycles. The summed E-state index contributed by atoms with van der Waals surface area (Å²) in [4.78, 5) is 48.3. The highest BCUT2D eigenvalue weighted by Crippen LogP contribution is 2.43. The quantitative estimate of drug-likeness (QED) is 0.0175. The fourth-order valence-corrected chi connectivity index (χ4v) is 8.95. The van der Waals surface area contributed by atoms with Crippen molar-refractivity contribution in [3.05, 3.63) is 24.3 Å². The minimum absolute atomic E-state index is 0.00420. The Hall–Kier alpha value is -1.92. The van der Waals surface area contributed by atoms with Crippen LogP contribution in [0.1, 0.15) is 213 Å². The molecule has 0 aromatic carbocycles. The monoisotopic (exact) mass is 943 g/mol. The van der Waals surface area contributed by atoms with Gasteiger partial charge in [0.05, 0.1) is 40.0 Å². The molecule has 0 heterocycles. The van der Waals surface area contributed by atoms with E-state index in [-0.39, 0.29) is 44.2 Å². The number of hydrogen-bond donors (Lipinski definition) is 3. The van der Waals surface area contributed by atoms with E-state index >= 15 is 0 Å². The van der Waals surface area contributed by atoms with Gasteiger partial charge in [-0.1, -0.05) is 167 Å². The summed E-state index contributed by atoms with van der Waals surface area (Å²) in [6.45, 7) is 4.07. The standard InChI is InChI=1S/C52H96NO11P/c1-6-8-10-11-12-13-14-15-16-17-18-19-20-21-22-23-24-25-26-27-32-36-51(57)61-43-46(44-63-65(59,60)62-41-40-53(3,4)5)64-52(58)37-33-29-28-31-35-47-48(50(56)42-49(47)55)39-38-45(54)34-30-9-7-2/h15-16,38-39,45-49,54-55H,6-14,17-37,40-44H2,1-5H3/p+1/b16-15-,39-38+/t45-,46+,47+,48+,49-/m0/s1. The van der Waals surface area contributed by atoms with Gasteiger partial charge in [-0.25, -0.2) is 4.57 Å². The molecule has 1 aliphatic carbocycles. The van der Waals surface area contributed by atoms with Gasteiger partial charge in [-0.2, -0.15) is 0 Å². The fourth-order valence-electron chi connectivity index (χ4n) is 8.21. The molecule has 0 amide bonds. The summed E-state index contributed by atoms with van der Waals surface area (Å²) in [6.07, 6.45) is 37.0. The Morgan fingerprint density at radius 2 is 1.22 bits per heavy atom. The molecule has 0 bridgehead atoms. The number of Topliss-reactive ketones (excluding diaryl/α,β-unsaturated/α-hetero) is 1. The van der Waals surface area contributed by atoms with Crippen LogP contribution in [-0.2, 0) is 37.5 Å². The number of ketones is 1. The Balaban J connectivity index is 2.36. The second kappa shape index (κ2) is 39.0. The smallest absolute Gasteiger partial charge is 0.462 e. The van der Waals surface area contributed by atoms with Crippen molar-refractivity contribution in [2.45, 2.75) is 231 Å². The maximum absolute atomic E-state index is 12.9. The van der Waals surface area contributed by atoms with Crippen LogP contribution in [0.4, 0.5) is 0 Å². The lowest BCUT2D eigenvalue weighted by molar-refractivity contribution is -0.870. The number of ether oxygens (including phenoxy) is 2. The number of phosphoric acid groups is 1. The van der Waals surface area contributed by atoms with Gasteiger partial charge < -0.3 is 29.1 Å². The molecular formula is C52H97NO11P+. The van der Waals surface area contributed by atoms with Crippen molar-refractivity contribution in [3.8, 4) is 0 Å². The zero-order valence-corrected chi connectivity index (χ0v) is 42.8. The summed E-state index contributed by atoms with van der Waals surface area (Å²) >= 11 is 0. The number of rotatable bonds is 44. The molecule has 0 spiro atoms. The Morgan fingerprint density at radius 3 is 1.78 bits per heavy atom. The van der Waals surface area contributed by atoms with Crippen molar-refractivity contribution in [3.63, 3.8) is 0 Å². The maximum Gasteiger partial charge on any atom is 0.472 e. The van der Waals surface area contributed by atoms with Gasteiger partial charge in [0.1, 0.15) is 25.5 Å². The van der Waals surface area contributed by atoms with E-state index in [0.717, 1.165) is 57.8 Å². The molecule has 1 aliphatic rings. The van der Waals surface area contributed by atoms with Crippen molar-refractivity contribution < 1.29 is 57.1 Å². The van der Waals surface area contributed by atoms with Crippen LogP contribution in [-0.4, -0.2) is 103 Å². The molecule has 0 aliphatic heterocycles. The predicted molar refractivity (Wildman–Crippen MR) is 262 cm³/mol. The SMILES string of the molecule is CCCCCCCC/C=C\CCCCCCCCCCCCCC(=O)OC[C@H](COP(=O)(O)OCC[N+](C)(C)C)OC(=O)CCCCCC[C@H]1[C@@H](O)CC(=O)[C@@H]1/C=C/[C@@H](O)CCCCC. The molecule has 0 saturated heterocycles. The molecule has 1 rings (SSSR count). The van der Waals surface area contributed by atoms with Crippen molar-refractivity contribution >= 4 is 25.5 Å². The third-order valence-corrected chi connectivity index (χ3v) is 13.3. The van der Waals surface area contributed by atoms with Gasteiger partial charge in [-0.05, 0) is 57.3 Å². The van der Waals surface area contributed by atoms with E-state index in [0.29, 0.717) is 36.7 Å². The normalized spacial score (nSPS) is 18.7. The first-order valence-electron chi connectivity index (χ1n) is 26.2. The van der Waals surface area contributed by atoms with Gasteiger partial charge in [0.15, 0.2) is 6.10 Å². The zero-order valence-electron chi connectivity index (χ0n) is 41.9. The Bertz CT molecular complexity index is 1320. The first kappa shape index (κ1) is 61.1.